The molecule has 7 aromatic rings. The molecular weight excluding hydrogens is 566 g/mol. The van der Waals surface area contributed by atoms with Crippen LogP contribution >= 0.6 is 0 Å². The summed E-state index contributed by atoms with van der Waals surface area (Å²) in [6.07, 6.45) is -4.94. The molecule has 0 atom stereocenters. The van der Waals surface area contributed by atoms with E-state index >= 15 is 8.78 Å². The van der Waals surface area contributed by atoms with Crippen molar-refractivity contribution in [3.05, 3.63) is 119 Å². The molecule has 0 saturated carbocycles. The Bertz CT molecular complexity index is 2380. The Morgan fingerprint density at radius 2 is 1.23 bits per heavy atom. The lowest BCUT2D eigenvalue weighted by atomic mass is 10.0. The highest BCUT2D eigenvalue weighted by molar-refractivity contribution is 6.26. The maximum atomic E-state index is 15.4. The van der Waals surface area contributed by atoms with Crippen LogP contribution in [0.4, 0.5) is 26.3 Å². The Kier molecular flexibility index (Phi) is 5.56. The summed E-state index contributed by atoms with van der Waals surface area (Å²) in [5.74, 6) is -3.44. The maximum Gasteiger partial charge on any atom is 0.418 e. The van der Waals surface area contributed by atoms with Crippen molar-refractivity contribution in [2.75, 3.05) is 0 Å². The zero-order chi connectivity index (χ0) is 30.2. The van der Waals surface area contributed by atoms with Crippen LogP contribution in [0.25, 0.3) is 55.0 Å². The van der Waals surface area contributed by atoms with E-state index in [0.717, 1.165) is 6.07 Å². The van der Waals surface area contributed by atoms with Crippen molar-refractivity contribution >= 4 is 43.6 Å². The summed E-state index contributed by atoms with van der Waals surface area (Å²) in [5.41, 5.74) is -1.78. The van der Waals surface area contributed by atoms with Crippen LogP contribution in [0.3, 0.4) is 0 Å². The molecule has 0 fully saturated rings. The van der Waals surface area contributed by atoms with Gasteiger partial charge >= 0.3 is 6.18 Å². The van der Waals surface area contributed by atoms with Gasteiger partial charge in [-0.25, -0.2) is 13.2 Å². The highest BCUT2D eigenvalue weighted by Crippen LogP contribution is 2.45. The van der Waals surface area contributed by atoms with Crippen LogP contribution in [0.1, 0.15) is 16.7 Å². The predicted octanol–water partition coefficient (Wildman–Crippen LogP) is 9.06. The minimum absolute atomic E-state index is 0.215. The summed E-state index contributed by atoms with van der Waals surface area (Å²) in [5, 5.41) is 21.3. The summed E-state index contributed by atoms with van der Waals surface area (Å²) in [6, 6.07) is 22.9. The van der Waals surface area contributed by atoms with Gasteiger partial charge in [-0.15, -0.1) is 0 Å². The first kappa shape index (κ1) is 26.2. The van der Waals surface area contributed by atoms with Crippen LogP contribution in [-0.2, 0) is 6.18 Å². The van der Waals surface area contributed by atoms with Gasteiger partial charge in [-0.1, -0.05) is 42.5 Å². The number of benzene rings is 5. The van der Waals surface area contributed by atoms with Crippen molar-refractivity contribution in [3.8, 4) is 23.5 Å². The fourth-order valence-corrected chi connectivity index (χ4v) is 5.97. The summed E-state index contributed by atoms with van der Waals surface area (Å²) >= 11 is 0. The normalized spacial score (nSPS) is 11.9. The Labute approximate surface area is 238 Å². The number of para-hydroxylation sites is 2. The highest BCUT2D eigenvalue weighted by atomic mass is 19.4. The van der Waals surface area contributed by atoms with Gasteiger partial charge in [-0.05, 0) is 30.3 Å². The molecule has 0 aliphatic rings. The Hall–Kier alpha value is -5.74. The molecule has 0 bridgehead atoms. The fraction of sp³-hybridized carbons (Fsp3) is 0.0303. The van der Waals surface area contributed by atoms with Gasteiger partial charge in [0.15, 0.2) is 11.6 Å². The molecule has 0 spiro atoms. The molecule has 208 valence electrons. The average molecular weight is 580 g/mol. The van der Waals surface area contributed by atoms with Crippen LogP contribution < -0.4 is 0 Å². The molecule has 2 heterocycles. The molecule has 2 aromatic heterocycles. The van der Waals surface area contributed by atoms with Gasteiger partial charge in [0.05, 0.1) is 50.5 Å². The lowest BCUT2D eigenvalue weighted by Crippen LogP contribution is -2.13. The highest BCUT2D eigenvalue weighted by Gasteiger charge is 2.37. The van der Waals surface area contributed by atoms with Crippen LogP contribution in [0.5, 0.6) is 0 Å². The van der Waals surface area contributed by atoms with Crippen molar-refractivity contribution in [3.63, 3.8) is 0 Å². The number of nitriles is 2. The van der Waals surface area contributed by atoms with Gasteiger partial charge in [0.2, 0.25) is 0 Å². The molecule has 0 amide bonds. The van der Waals surface area contributed by atoms with Gasteiger partial charge in [-0.3, -0.25) is 0 Å². The Morgan fingerprint density at radius 3 is 1.86 bits per heavy atom. The SMILES string of the molecule is N#Cc1cc(C#N)c(-n2c3ccccc3c3c2ccc2c4ccccc4n(-c4c(F)cc(F)cc4F)c23)c(C(F)(F)F)c1. The lowest BCUT2D eigenvalue weighted by molar-refractivity contribution is -0.137. The molecule has 5 aromatic carbocycles. The smallest absolute Gasteiger partial charge is 0.307 e. The topological polar surface area (TPSA) is 57.4 Å². The Balaban J connectivity index is 1.76. The van der Waals surface area contributed by atoms with Crippen molar-refractivity contribution in [2.24, 2.45) is 0 Å². The number of hydrogen-bond donors (Lipinski definition) is 0. The maximum absolute atomic E-state index is 15.4. The summed E-state index contributed by atoms with van der Waals surface area (Å²) in [7, 11) is 0. The van der Waals surface area contributed by atoms with E-state index in [1.54, 1.807) is 72.8 Å². The monoisotopic (exact) mass is 580 g/mol. The molecule has 4 nitrogen and oxygen atoms in total. The Morgan fingerprint density at radius 1 is 0.605 bits per heavy atom. The van der Waals surface area contributed by atoms with E-state index in [0.29, 0.717) is 45.3 Å². The predicted molar refractivity (Wildman–Crippen MR) is 149 cm³/mol. The van der Waals surface area contributed by atoms with E-state index in [4.69, 9.17) is 0 Å². The van der Waals surface area contributed by atoms with E-state index < -0.39 is 40.6 Å². The van der Waals surface area contributed by atoms with Gasteiger partial charge in [-0.2, -0.15) is 23.7 Å². The number of rotatable bonds is 2. The third kappa shape index (κ3) is 3.70. The van der Waals surface area contributed by atoms with Gasteiger partial charge < -0.3 is 9.13 Å². The van der Waals surface area contributed by atoms with Gasteiger partial charge in [0.1, 0.15) is 17.6 Å². The van der Waals surface area contributed by atoms with Crippen LogP contribution in [0.2, 0.25) is 0 Å². The van der Waals surface area contributed by atoms with Crippen LogP contribution in [0.15, 0.2) is 84.9 Å². The summed E-state index contributed by atoms with van der Waals surface area (Å²) in [4.78, 5) is 0. The van der Waals surface area contributed by atoms with E-state index in [-0.39, 0.29) is 27.7 Å². The first-order chi connectivity index (χ1) is 20.6. The minimum atomic E-state index is -4.94. The van der Waals surface area contributed by atoms with Crippen molar-refractivity contribution in [1.29, 1.82) is 10.5 Å². The largest absolute Gasteiger partial charge is 0.418 e. The zero-order valence-electron chi connectivity index (χ0n) is 21.6. The first-order valence-corrected chi connectivity index (χ1v) is 12.8. The van der Waals surface area contributed by atoms with E-state index in [1.807, 2.05) is 0 Å². The molecule has 0 aliphatic heterocycles. The van der Waals surface area contributed by atoms with Gasteiger partial charge in [0, 0.05) is 33.7 Å². The quantitative estimate of drug-likeness (QED) is 0.192. The molecule has 0 radical (unpaired) electrons. The van der Waals surface area contributed by atoms with Crippen molar-refractivity contribution in [2.45, 2.75) is 6.18 Å². The third-order valence-corrected chi connectivity index (χ3v) is 7.56. The van der Waals surface area contributed by atoms with Crippen molar-refractivity contribution < 1.29 is 26.3 Å². The fourth-order valence-electron chi connectivity index (χ4n) is 5.97. The second kappa shape index (κ2) is 9.13. The van der Waals surface area contributed by atoms with Crippen LogP contribution in [-0.4, -0.2) is 9.13 Å². The number of fused-ring (bicyclic) bond motifs is 7. The third-order valence-electron chi connectivity index (χ3n) is 7.56. The van der Waals surface area contributed by atoms with E-state index in [1.165, 1.54) is 9.13 Å². The van der Waals surface area contributed by atoms with Gasteiger partial charge in [0.25, 0.3) is 0 Å². The molecule has 0 saturated heterocycles. The number of halogens is 6. The summed E-state index contributed by atoms with van der Waals surface area (Å²) < 4.78 is 90.9. The number of nitrogens with zero attached hydrogens (tertiary/aromatic N) is 4. The molecule has 0 aliphatic carbocycles. The number of aromatic nitrogens is 2. The van der Waals surface area contributed by atoms with Crippen molar-refractivity contribution in [1.82, 2.24) is 9.13 Å². The first-order valence-electron chi connectivity index (χ1n) is 12.8. The second-order valence-corrected chi connectivity index (χ2v) is 9.92. The second-order valence-electron chi connectivity index (χ2n) is 9.92. The zero-order valence-corrected chi connectivity index (χ0v) is 21.6. The standard InChI is InChI=1S/C33H14F6N4/c34-19-13-24(35)32(25(36)14-19)43-26-7-3-1-5-20(26)21-9-10-28-29(31(21)43)22-6-2-4-8-27(22)42(28)30-18(16-41)11-17(15-40)12-23(30)33(37,38)39/h1-14H. The average Bonchev–Trinajstić information content (AvgIpc) is 3.48. The summed E-state index contributed by atoms with van der Waals surface area (Å²) in [6.45, 7) is 0. The molecule has 7 rings (SSSR count). The molecule has 0 unspecified atom stereocenters. The van der Waals surface area contributed by atoms with E-state index in [2.05, 4.69) is 0 Å². The van der Waals surface area contributed by atoms with Crippen LogP contribution in [0, 0.1) is 40.1 Å². The van der Waals surface area contributed by atoms with E-state index in [9.17, 15) is 28.1 Å². The molecule has 0 N–H and O–H groups in total. The molecular formula is C33H14F6N4. The molecule has 10 heteroatoms. The molecule has 43 heavy (non-hydrogen) atoms. The lowest BCUT2D eigenvalue weighted by Gasteiger charge is -2.18. The number of alkyl halides is 3. The minimum Gasteiger partial charge on any atom is -0.307 e. The number of hydrogen-bond acceptors (Lipinski definition) is 2.